The third kappa shape index (κ3) is 5.71. The lowest BCUT2D eigenvalue weighted by atomic mass is 10.0. The van der Waals surface area contributed by atoms with Crippen molar-refractivity contribution in [1.29, 1.82) is 0 Å². The molecule has 1 aromatic carbocycles. The van der Waals surface area contributed by atoms with Crippen molar-refractivity contribution >= 4 is 12.0 Å². The van der Waals surface area contributed by atoms with Crippen molar-refractivity contribution in [3.63, 3.8) is 0 Å². The molecule has 1 atom stereocenters. The third-order valence-corrected chi connectivity index (χ3v) is 4.53. The van der Waals surface area contributed by atoms with Crippen molar-refractivity contribution in [2.24, 2.45) is 0 Å². The molecule has 0 bridgehead atoms. The average Bonchev–Trinajstić information content (AvgIpc) is 2.64. The second kappa shape index (κ2) is 9.00. The van der Waals surface area contributed by atoms with Crippen LogP contribution in [0.25, 0.3) is 0 Å². The van der Waals surface area contributed by atoms with Gasteiger partial charge in [-0.2, -0.15) is 0 Å². The number of carbonyl (C=O) groups excluding carboxylic acids is 2. The molecule has 0 radical (unpaired) electrons. The maximum atomic E-state index is 12.6. The van der Waals surface area contributed by atoms with Crippen molar-refractivity contribution < 1.29 is 19.4 Å². The molecule has 1 aromatic rings. The first-order chi connectivity index (χ1) is 12.3. The summed E-state index contributed by atoms with van der Waals surface area (Å²) in [5.41, 5.74) is 0.915. The molecular weight excluding hydrogens is 334 g/mol. The number of carbonyl (C=O) groups is 2. The summed E-state index contributed by atoms with van der Waals surface area (Å²) in [4.78, 5) is 28.5. The second-order valence-corrected chi connectivity index (χ2v) is 7.42. The second-order valence-electron chi connectivity index (χ2n) is 7.42. The van der Waals surface area contributed by atoms with E-state index in [1.54, 1.807) is 4.90 Å². The average molecular weight is 363 g/mol. The molecule has 26 heavy (non-hydrogen) atoms. The lowest BCUT2D eigenvalue weighted by Gasteiger charge is -2.42. The number of nitrogens with one attached hydrogen (secondary N) is 1. The largest absolute Gasteiger partial charge is 0.445 e. The first kappa shape index (κ1) is 20.2. The predicted octanol–water partition coefficient (Wildman–Crippen LogP) is 1.22. The van der Waals surface area contributed by atoms with Crippen LogP contribution >= 0.6 is 0 Å². The molecule has 1 fully saturated rings. The molecule has 2 rings (SSSR count). The molecule has 1 heterocycles. The van der Waals surface area contributed by atoms with E-state index < -0.39 is 18.7 Å². The summed E-state index contributed by atoms with van der Waals surface area (Å²) in [6, 6.07) is 8.29. The van der Waals surface area contributed by atoms with Gasteiger partial charge in [-0.3, -0.25) is 9.69 Å². The van der Waals surface area contributed by atoms with Gasteiger partial charge in [0, 0.05) is 31.7 Å². The highest BCUT2D eigenvalue weighted by molar-refractivity contribution is 5.86. The standard InChI is InChI=1S/C19H29N3O4/c1-19(2,3)22-11-9-21(10-12-22)17(24)16(13-23)20-18(25)26-14-15-7-5-4-6-8-15/h4-8,16,23H,9-14H2,1-3H3,(H,20,25)/t16-/m0/s1. The zero-order valence-electron chi connectivity index (χ0n) is 15.8. The monoisotopic (exact) mass is 363 g/mol. The van der Waals surface area contributed by atoms with Crippen LogP contribution in [0.4, 0.5) is 4.79 Å². The number of nitrogens with zero attached hydrogens (tertiary/aromatic N) is 2. The van der Waals surface area contributed by atoms with Gasteiger partial charge in [0.2, 0.25) is 5.91 Å². The maximum Gasteiger partial charge on any atom is 0.408 e. The molecule has 1 aliphatic heterocycles. The zero-order chi connectivity index (χ0) is 19.2. The number of benzene rings is 1. The Balaban J connectivity index is 1.82. The topological polar surface area (TPSA) is 82.1 Å². The number of ether oxygens (including phenoxy) is 1. The van der Waals surface area contributed by atoms with E-state index in [1.807, 2.05) is 30.3 Å². The molecule has 0 spiro atoms. The van der Waals surface area contributed by atoms with Gasteiger partial charge < -0.3 is 20.1 Å². The Morgan fingerprint density at radius 3 is 2.31 bits per heavy atom. The van der Waals surface area contributed by atoms with Gasteiger partial charge in [0.05, 0.1) is 6.61 Å². The molecule has 7 nitrogen and oxygen atoms in total. The van der Waals surface area contributed by atoms with Crippen molar-refractivity contribution in [3.8, 4) is 0 Å². The van der Waals surface area contributed by atoms with E-state index in [0.717, 1.165) is 18.7 Å². The van der Waals surface area contributed by atoms with Crippen LogP contribution in [0.3, 0.4) is 0 Å². The zero-order valence-corrected chi connectivity index (χ0v) is 15.8. The van der Waals surface area contributed by atoms with E-state index in [4.69, 9.17) is 4.74 Å². The van der Waals surface area contributed by atoms with E-state index in [0.29, 0.717) is 13.1 Å². The van der Waals surface area contributed by atoms with Gasteiger partial charge in [-0.1, -0.05) is 30.3 Å². The van der Waals surface area contributed by atoms with Gasteiger partial charge in [0.1, 0.15) is 12.6 Å². The highest BCUT2D eigenvalue weighted by Gasteiger charge is 2.31. The number of alkyl carbamates (subject to hydrolysis) is 1. The first-order valence-corrected chi connectivity index (χ1v) is 8.93. The molecule has 144 valence electrons. The van der Waals surface area contributed by atoms with Crippen LogP contribution in [0, 0.1) is 0 Å². The van der Waals surface area contributed by atoms with Crippen LogP contribution in [-0.4, -0.2) is 71.3 Å². The van der Waals surface area contributed by atoms with Crippen molar-refractivity contribution in [2.45, 2.75) is 39.0 Å². The Bertz CT molecular complexity index is 593. The molecule has 7 heteroatoms. The summed E-state index contributed by atoms with van der Waals surface area (Å²) in [5, 5.41) is 12.0. The first-order valence-electron chi connectivity index (χ1n) is 8.93. The quantitative estimate of drug-likeness (QED) is 0.822. The summed E-state index contributed by atoms with van der Waals surface area (Å²) in [6.07, 6.45) is -0.713. The van der Waals surface area contributed by atoms with Crippen LogP contribution in [-0.2, 0) is 16.1 Å². The van der Waals surface area contributed by atoms with E-state index in [-0.39, 0.29) is 18.1 Å². The molecule has 1 aliphatic rings. The fourth-order valence-electron chi connectivity index (χ4n) is 2.91. The van der Waals surface area contributed by atoms with E-state index in [2.05, 4.69) is 31.0 Å². The minimum absolute atomic E-state index is 0.0605. The number of aliphatic hydroxyl groups excluding tert-OH is 1. The Labute approximate surface area is 154 Å². The van der Waals surface area contributed by atoms with Gasteiger partial charge in [-0.05, 0) is 26.3 Å². The SMILES string of the molecule is CC(C)(C)N1CCN(C(=O)[C@H](CO)NC(=O)OCc2ccccc2)CC1. The molecule has 0 unspecified atom stereocenters. The van der Waals surface area contributed by atoms with Crippen molar-refractivity contribution in [3.05, 3.63) is 35.9 Å². The molecular formula is C19H29N3O4. The van der Waals surface area contributed by atoms with Crippen LogP contribution in [0.2, 0.25) is 0 Å². The van der Waals surface area contributed by atoms with E-state index in [1.165, 1.54) is 0 Å². The van der Waals surface area contributed by atoms with Crippen molar-refractivity contribution in [2.75, 3.05) is 32.8 Å². The normalized spacial score (nSPS) is 16.8. The lowest BCUT2D eigenvalue weighted by Crippen LogP contribution is -2.58. The van der Waals surface area contributed by atoms with Crippen LogP contribution in [0.15, 0.2) is 30.3 Å². The number of amides is 2. The number of hydrogen-bond acceptors (Lipinski definition) is 5. The summed E-state index contributed by atoms with van der Waals surface area (Å²) in [6.45, 7) is 8.78. The predicted molar refractivity (Wildman–Crippen MR) is 98.5 cm³/mol. The van der Waals surface area contributed by atoms with E-state index in [9.17, 15) is 14.7 Å². The van der Waals surface area contributed by atoms with Gasteiger partial charge in [0.15, 0.2) is 0 Å². The number of piperazine rings is 1. The van der Waals surface area contributed by atoms with E-state index >= 15 is 0 Å². The van der Waals surface area contributed by atoms with Crippen molar-refractivity contribution in [1.82, 2.24) is 15.1 Å². The highest BCUT2D eigenvalue weighted by atomic mass is 16.5. The molecule has 0 aliphatic carbocycles. The Morgan fingerprint density at radius 1 is 1.15 bits per heavy atom. The molecule has 1 saturated heterocycles. The third-order valence-electron chi connectivity index (χ3n) is 4.53. The Morgan fingerprint density at radius 2 is 1.77 bits per heavy atom. The molecule has 0 saturated carbocycles. The fourth-order valence-corrected chi connectivity index (χ4v) is 2.91. The summed E-state index contributed by atoms with van der Waals surface area (Å²) >= 11 is 0. The van der Waals surface area contributed by atoms with Gasteiger partial charge in [0.25, 0.3) is 0 Å². The molecule has 2 amide bonds. The molecule has 2 N–H and O–H groups in total. The minimum atomic E-state index is -0.987. The minimum Gasteiger partial charge on any atom is -0.445 e. The van der Waals surface area contributed by atoms with Crippen LogP contribution in [0.5, 0.6) is 0 Å². The van der Waals surface area contributed by atoms with Crippen LogP contribution < -0.4 is 5.32 Å². The van der Waals surface area contributed by atoms with Gasteiger partial charge >= 0.3 is 6.09 Å². The van der Waals surface area contributed by atoms with Gasteiger partial charge in [-0.15, -0.1) is 0 Å². The summed E-state index contributed by atoms with van der Waals surface area (Å²) in [5.74, 6) is -0.280. The maximum absolute atomic E-state index is 12.6. The smallest absolute Gasteiger partial charge is 0.408 e. The number of hydrogen-bond donors (Lipinski definition) is 2. The fraction of sp³-hybridized carbons (Fsp3) is 0.579. The number of aliphatic hydroxyl groups is 1. The Kier molecular flexibility index (Phi) is 6.99. The number of rotatable bonds is 5. The lowest BCUT2D eigenvalue weighted by molar-refractivity contribution is -0.136. The summed E-state index contributed by atoms with van der Waals surface area (Å²) < 4.78 is 5.12. The summed E-state index contributed by atoms with van der Waals surface area (Å²) in [7, 11) is 0. The van der Waals surface area contributed by atoms with Gasteiger partial charge in [-0.25, -0.2) is 4.79 Å². The highest BCUT2D eigenvalue weighted by Crippen LogP contribution is 2.16. The van der Waals surface area contributed by atoms with Crippen LogP contribution in [0.1, 0.15) is 26.3 Å². The molecule has 0 aromatic heterocycles. The Hall–Kier alpha value is -2.12.